The second kappa shape index (κ2) is 10.2. The van der Waals surface area contributed by atoms with Crippen LogP contribution in [0.2, 0.25) is 5.02 Å². The van der Waals surface area contributed by atoms with Crippen molar-refractivity contribution in [3.8, 4) is 11.1 Å². The third-order valence-corrected chi connectivity index (χ3v) is 5.03. The SMILES string of the molecule is Cc1cc(Cl)ccc1-c1cccc(CNc2ccc(Cn3oc(=O)[n-]c3=O)cc2)c1.[Na+]. The molecule has 0 amide bonds. The predicted molar refractivity (Wildman–Crippen MR) is 117 cm³/mol. The first-order chi connectivity index (χ1) is 14.5. The van der Waals surface area contributed by atoms with Gasteiger partial charge in [-0.25, -0.2) is 4.79 Å². The molecule has 0 fully saturated rings. The van der Waals surface area contributed by atoms with Gasteiger partial charge in [-0.2, -0.15) is 0 Å². The van der Waals surface area contributed by atoms with Gasteiger partial charge in [0, 0.05) is 23.8 Å². The van der Waals surface area contributed by atoms with E-state index in [0.717, 1.165) is 43.3 Å². The van der Waals surface area contributed by atoms with Crippen LogP contribution in [0.4, 0.5) is 5.69 Å². The number of aryl methyl sites for hydroxylation is 1. The minimum atomic E-state index is -0.880. The topological polar surface area (TPSA) is 78.3 Å². The van der Waals surface area contributed by atoms with Gasteiger partial charge in [0.15, 0.2) is 5.69 Å². The molecule has 0 atom stereocenters. The first kappa shape index (κ1) is 23.2. The summed E-state index contributed by atoms with van der Waals surface area (Å²) in [6, 6.07) is 21.9. The van der Waals surface area contributed by atoms with Crippen molar-refractivity contribution in [2.75, 3.05) is 5.32 Å². The molecule has 0 aliphatic heterocycles. The van der Waals surface area contributed by atoms with Gasteiger partial charge in [-0.05, 0) is 65.1 Å². The summed E-state index contributed by atoms with van der Waals surface area (Å²) in [4.78, 5) is 25.7. The molecule has 0 spiro atoms. The maximum atomic E-state index is 11.5. The van der Waals surface area contributed by atoms with Gasteiger partial charge < -0.3 is 14.8 Å². The fourth-order valence-electron chi connectivity index (χ4n) is 3.29. The van der Waals surface area contributed by atoms with E-state index in [1.807, 2.05) is 48.5 Å². The van der Waals surface area contributed by atoms with Gasteiger partial charge in [-0.3, -0.25) is 9.53 Å². The van der Waals surface area contributed by atoms with Gasteiger partial charge >= 0.3 is 35.3 Å². The van der Waals surface area contributed by atoms with Crippen molar-refractivity contribution in [3.05, 3.63) is 109 Å². The van der Waals surface area contributed by atoms with E-state index in [4.69, 9.17) is 16.1 Å². The van der Waals surface area contributed by atoms with Crippen LogP contribution in [0.3, 0.4) is 0 Å². The Kier molecular flexibility index (Phi) is 7.62. The maximum absolute atomic E-state index is 11.5. The average molecular weight is 444 g/mol. The molecule has 0 radical (unpaired) electrons. The Morgan fingerprint density at radius 3 is 2.45 bits per heavy atom. The van der Waals surface area contributed by atoms with Gasteiger partial charge in [-0.1, -0.05) is 48.0 Å². The Morgan fingerprint density at radius 2 is 1.77 bits per heavy atom. The van der Waals surface area contributed by atoms with E-state index in [-0.39, 0.29) is 36.1 Å². The molecule has 0 bridgehead atoms. The van der Waals surface area contributed by atoms with Crippen molar-refractivity contribution in [1.29, 1.82) is 0 Å². The maximum Gasteiger partial charge on any atom is 1.00 e. The van der Waals surface area contributed by atoms with E-state index in [1.165, 1.54) is 0 Å². The van der Waals surface area contributed by atoms with E-state index in [1.54, 1.807) is 0 Å². The van der Waals surface area contributed by atoms with E-state index < -0.39 is 11.4 Å². The number of anilines is 1. The zero-order valence-electron chi connectivity index (χ0n) is 17.3. The average Bonchev–Trinajstić information content (AvgIpc) is 3.04. The summed E-state index contributed by atoms with van der Waals surface area (Å²) >= 11 is 6.07. The summed E-state index contributed by atoms with van der Waals surface area (Å²) in [6.07, 6.45) is 0. The summed E-state index contributed by atoms with van der Waals surface area (Å²) in [5, 5.41) is 4.13. The molecule has 3 aromatic carbocycles. The standard InChI is InChI=1S/C23H20ClN3O3.Na/c1-15-11-19(24)7-10-21(15)18-4-2-3-17(12-18)13-25-20-8-5-16(6-9-20)14-27-22(28)26-23(29)30-27;/h2-12,25H,13-14H2,1H3,(H,26,28,29);/q;+1/p-1. The van der Waals surface area contributed by atoms with Gasteiger partial charge in [-0.15, -0.1) is 0 Å². The van der Waals surface area contributed by atoms with Crippen LogP contribution >= 0.6 is 11.6 Å². The van der Waals surface area contributed by atoms with Crippen LogP contribution in [0.5, 0.6) is 0 Å². The summed E-state index contributed by atoms with van der Waals surface area (Å²) in [6.45, 7) is 2.89. The molecule has 31 heavy (non-hydrogen) atoms. The van der Waals surface area contributed by atoms with Crippen molar-refractivity contribution in [3.63, 3.8) is 0 Å². The Hall–Kier alpha value is -2.51. The summed E-state index contributed by atoms with van der Waals surface area (Å²) in [5.74, 6) is -0.880. The zero-order chi connectivity index (χ0) is 21.1. The van der Waals surface area contributed by atoms with Crippen molar-refractivity contribution in [2.24, 2.45) is 0 Å². The van der Waals surface area contributed by atoms with Crippen LogP contribution in [-0.2, 0) is 13.1 Å². The normalized spacial score (nSPS) is 10.5. The Balaban J connectivity index is 0.00000272. The number of hydrogen-bond donors (Lipinski definition) is 1. The molecule has 1 N–H and O–H groups in total. The molecular weight excluding hydrogens is 425 g/mol. The largest absolute Gasteiger partial charge is 1.00 e. The Labute approximate surface area is 206 Å². The van der Waals surface area contributed by atoms with E-state index in [9.17, 15) is 9.59 Å². The molecule has 4 rings (SSSR count). The van der Waals surface area contributed by atoms with Gasteiger partial charge in [0.2, 0.25) is 0 Å². The summed E-state index contributed by atoms with van der Waals surface area (Å²) in [7, 11) is 0. The molecule has 0 aliphatic carbocycles. The Bertz CT molecular complexity index is 1290. The molecule has 8 heteroatoms. The van der Waals surface area contributed by atoms with Crippen LogP contribution in [0.15, 0.2) is 80.8 Å². The third-order valence-electron chi connectivity index (χ3n) is 4.79. The number of hydrogen-bond acceptors (Lipinski definition) is 4. The molecule has 0 saturated carbocycles. The summed E-state index contributed by atoms with van der Waals surface area (Å²) in [5.41, 5.74) is 5.70. The van der Waals surface area contributed by atoms with Crippen molar-refractivity contribution in [2.45, 2.75) is 20.0 Å². The number of benzene rings is 3. The number of nitrogens with one attached hydrogen (secondary N) is 1. The molecular formula is C23H19ClN3NaO3. The first-order valence-corrected chi connectivity index (χ1v) is 9.79. The van der Waals surface area contributed by atoms with Crippen molar-refractivity contribution >= 4 is 17.3 Å². The van der Waals surface area contributed by atoms with Crippen LogP contribution in [-0.4, -0.2) is 4.74 Å². The molecule has 0 unspecified atom stereocenters. The molecule has 152 valence electrons. The molecule has 4 aromatic rings. The molecule has 1 heterocycles. The fourth-order valence-corrected chi connectivity index (χ4v) is 3.51. The Morgan fingerprint density at radius 1 is 1.00 bits per heavy atom. The molecule has 6 nitrogen and oxygen atoms in total. The van der Waals surface area contributed by atoms with Gasteiger partial charge in [0.1, 0.15) is 0 Å². The quantitative estimate of drug-likeness (QED) is 0.451. The third kappa shape index (κ3) is 5.80. The number of aromatic nitrogens is 2. The minimum absolute atomic E-state index is 0. The molecule has 1 aromatic heterocycles. The number of halogens is 1. The number of rotatable bonds is 6. The van der Waals surface area contributed by atoms with Crippen molar-refractivity contribution in [1.82, 2.24) is 9.72 Å². The molecule has 0 aliphatic rings. The van der Waals surface area contributed by atoms with Crippen molar-refractivity contribution < 1.29 is 34.1 Å². The second-order valence-electron chi connectivity index (χ2n) is 7.00. The van der Waals surface area contributed by atoms with E-state index >= 15 is 0 Å². The minimum Gasteiger partial charge on any atom is -0.421 e. The molecule has 0 saturated heterocycles. The van der Waals surface area contributed by atoms with E-state index in [2.05, 4.69) is 35.4 Å². The van der Waals surface area contributed by atoms with Crippen LogP contribution < -0.4 is 51.3 Å². The zero-order valence-corrected chi connectivity index (χ0v) is 20.0. The van der Waals surface area contributed by atoms with Gasteiger partial charge in [0.05, 0.1) is 0 Å². The monoisotopic (exact) mass is 443 g/mol. The first-order valence-electron chi connectivity index (χ1n) is 9.41. The van der Waals surface area contributed by atoms with Gasteiger partial charge in [0.25, 0.3) is 0 Å². The summed E-state index contributed by atoms with van der Waals surface area (Å²) < 4.78 is 5.67. The predicted octanol–water partition coefficient (Wildman–Crippen LogP) is 1.05. The van der Waals surface area contributed by atoms with Crippen LogP contribution in [0, 0.1) is 6.92 Å². The van der Waals surface area contributed by atoms with Crippen LogP contribution in [0.25, 0.3) is 11.1 Å². The van der Waals surface area contributed by atoms with Crippen LogP contribution in [0.1, 0.15) is 16.7 Å². The van der Waals surface area contributed by atoms with E-state index in [0.29, 0.717) is 6.54 Å². The fraction of sp³-hybridized carbons (Fsp3) is 0.130. The smallest absolute Gasteiger partial charge is 0.421 e. The second-order valence-corrected chi connectivity index (χ2v) is 7.43. The number of nitrogens with zero attached hydrogens (tertiary/aromatic N) is 2.